The van der Waals surface area contributed by atoms with Crippen molar-refractivity contribution in [1.82, 2.24) is 0 Å². The molecule has 0 N–H and O–H groups in total. The summed E-state index contributed by atoms with van der Waals surface area (Å²) >= 11 is 0. The fraction of sp³-hybridized carbons (Fsp3) is 0.818. The van der Waals surface area contributed by atoms with Gasteiger partial charge in [-0.2, -0.15) is 0 Å². The number of unbranched alkanes of at least 4 members (excludes halogenated alkanes) is 4. The van der Waals surface area contributed by atoms with Crippen molar-refractivity contribution in [1.29, 1.82) is 0 Å². The highest BCUT2D eigenvalue weighted by molar-refractivity contribution is 6.76. The Morgan fingerprint density at radius 2 is 1.52 bits per heavy atom. The summed E-state index contributed by atoms with van der Waals surface area (Å²) in [5.41, 5.74) is 1.61. The average molecular weight is 316 g/mol. The van der Waals surface area contributed by atoms with Gasteiger partial charge in [0.25, 0.3) is 6.71 Å². The lowest BCUT2D eigenvalue weighted by atomic mass is 9.33. The molecule has 0 heterocycles. The minimum atomic E-state index is 0.432. The van der Waals surface area contributed by atoms with E-state index in [1.165, 1.54) is 32.1 Å². The first kappa shape index (κ1) is 22.4. The Kier molecular flexibility index (Phi) is 12.4. The van der Waals surface area contributed by atoms with Crippen molar-refractivity contribution in [3.63, 3.8) is 0 Å². The van der Waals surface area contributed by atoms with Crippen molar-refractivity contribution in [3.8, 4) is 11.7 Å². The van der Waals surface area contributed by atoms with Crippen LogP contribution in [0.5, 0.6) is 0 Å². The van der Waals surface area contributed by atoms with Gasteiger partial charge in [-0.1, -0.05) is 86.2 Å². The summed E-state index contributed by atoms with van der Waals surface area (Å²) in [6.07, 6.45) is 9.82. The highest BCUT2D eigenvalue weighted by atomic mass is 14.2. The van der Waals surface area contributed by atoms with E-state index in [9.17, 15) is 0 Å². The Bertz CT molecular complexity index is 381. The van der Waals surface area contributed by atoms with Gasteiger partial charge in [0.1, 0.15) is 0 Å². The molecule has 0 aliphatic rings. The molecule has 0 radical (unpaired) electrons. The molecule has 23 heavy (non-hydrogen) atoms. The molecule has 0 saturated heterocycles. The summed E-state index contributed by atoms with van der Waals surface area (Å²) in [6.45, 7) is 19.1. The van der Waals surface area contributed by atoms with Crippen LogP contribution in [-0.2, 0) is 0 Å². The van der Waals surface area contributed by atoms with Gasteiger partial charge in [-0.05, 0) is 36.4 Å². The van der Waals surface area contributed by atoms with Crippen LogP contribution in [0.2, 0.25) is 5.82 Å². The molecule has 132 valence electrons. The van der Waals surface area contributed by atoms with E-state index in [1.54, 1.807) is 5.47 Å². The number of hydrogen-bond donors (Lipinski definition) is 0. The first-order valence-corrected chi connectivity index (χ1v) is 10.0. The Morgan fingerprint density at radius 1 is 0.913 bits per heavy atom. The molecule has 0 aromatic carbocycles. The second-order valence-electron chi connectivity index (χ2n) is 7.88. The van der Waals surface area contributed by atoms with Gasteiger partial charge in [0.05, 0.1) is 0 Å². The van der Waals surface area contributed by atoms with Crippen LogP contribution in [0, 0.1) is 29.5 Å². The zero-order valence-corrected chi connectivity index (χ0v) is 17.2. The minimum Gasteiger partial charge on any atom is -0.149 e. The van der Waals surface area contributed by atoms with Crippen LogP contribution in [0.15, 0.2) is 11.5 Å². The first-order valence-electron chi connectivity index (χ1n) is 10.0. The predicted molar refractivity (Wildman–Crippen MR) is 109 cm³/mol. The second kappa shape index (κ2) is 12.7. The molecule has 0 rings (SSSR count). The van der Waals surface area contributed by atoms with Gasteiger partial charge in [0, 0.05) is 6.42 Å². The lowest BCUT2D eigenvalue weighted by Gasteiger charge is -2.28. The average Bonchev–Trinajstić information content (AvgIpc) is 2.51. The summed E-state index contributed by atoms with van der Waals surface area (Å²) in [4.78, 5) is 0. The van der Waals surface area contributed by atoms with E-state index >= 15 is 0 Å². The normalized spacial score (nSPS) is 14.6. The number of hydrogen-bond acceptors (Lipinski definition) is 0. The zero-order chi connectivity index (χ0) is 17.8. The van der Waals surface area contributed by atoms with Gasteiger partial charge >= 0.3 is 0 Å². The Balaban J connectivity index is 5.48. The Hall–Kier alpha value is -0.635. The monoisotopic (exact) mass is 316 g/mol. The van der Waals surface area contributed by atoms with Gasteiger partial charge in [0.2, 0.25) is 0 Å². The van der Waals surface area contributed by atoms with Crippen LogP contribution in [0.1, 0.15) is 93.9 Å². The van der Waals surface area contributed by atoms with E-state index in [2.05, 4.69) is 73.2 Å². The maximum absolute atomic E-state index is 3.68. The third-order valence-corrected chi connectivity index (χ3v) is 5.31. The molecule has 0 fully saturated rings. The molecular weight excluding hydrogens is 275 g/mol. The summed E-state index contributed by atoms with van der Waals surface area (Å²) < 4.78 is 0. The van der Waals surface area contributed by atoms with E-state index in [0.29, 0.717) is 30.3 Å². The maximum atomic E-state index is 3.68. The van der Waals surface area contributed by atoms with Crippen molar-refractivity contribution in [2.24, 2.45) is 17.8 Å². The van der Waals surface area contributed by atoms with Crippen LogP contribution in [0.4, 0.5) is 0 Å². The molecule has 0 aliphatic heterocycles. The molecule has 0 aromatic heterocycles. The van der Waals surface area contributed by atoms with Crippen molar-refractivity contribution in [3.05, 3.63) is 11.5 Å². The van der Waals surface area contributed by atoms with Crippen LogP contribution < -0.4 is 0 Å². The van der Waals surface area contributed by atoms with Gasteiger partial charge in [0.15, 0.2) is 0 Å². The standard InChI is InChI=1S/C22H41B/c1-9-11-13-15-17-23(21(8)19(5)6)22(16-14-12-10-2)20(7)18(3)4/h16,18-21H,9-14H2,1-8H3/b22-16-. The van der Waals surface area contributed by atoms with Gasteiger partial charge < -0.3 is 0 Å². The molecule has 1 heteroatoms. The highest BCUT2D eigenvalue weighted by Gasteiger charge is 2.30. The van der Waals surface area contributed by atoms with Gasteiger partial charge in [-0.3, -0.25) is 0 Å². The molecule has 0 spiro atoms. The summed E-state index contributed by atoms with van der Waals surface area (Å²) in [7, 11) is 0. The van der Waals surface area contributed by atoms with E-state index in [1.807, 2.05) is 0 Å². The second-order valence-corrected chi connectivity index (χ2v) is 7.88. The Labute approximate surface area is 148 Å². The summed E-state index contributed by atoms with van der Waals surface area (Å²) in [5, 5.41) is 0. The maximum Gasteiger partial charge on any atom is 0.262 e. The van der Waals surface area contributed by atoms with Crippen LogP contribution in [0.25, 0.3) is 0 Å². The minimum absolute atomic E-state index is 0.432. The van der Waals surface area contributed by atoms with E-state index in [-0.39, 0.29) is 0 Å². The summed E-state index contributed by atoms with van der Waals surface area (Å²) in [6, 6.07) is 0. The molecule has 0 amide bonds. The topological polar surface area (TPSA) is 0 Å². The van der Waals surface area contributed by atoms with Crippen molar-refractivity contribution >= 4 is 6.71 Å². The molecule has 2 unspecified atom stereocenters. The van der Waals surface area contributed by atoms with Crippen molar-refractivity contribution in [2.45, 2.75) is 99.7 Å². The van der Waals surface area contributed by atoms with Gasteiger partial charge in [-0.25, -0.2) is 0 Å². The predicted octanol–water partition coefficient (Wildman–Crippen LogP) is 7.21. The van der Waals surface area contributed by atoms with Crippen LogP contribution in [-0.4, -0.2) is 6.71 Å². The molecule has 0 aliphatic carbocycles. The zero-order valence-electron chi connectivity index (χ0n) is 17.2. The van der Waals surface area contributed by atoms with E-state index < -0.39 is 0 Å². The molecule has 0 aromatic rings. The number of rotatable bonds is 10. The van der Waals surface area contributed by atoms with Gasteiger partial charge in [-0.15, -0.1) is 11.7 Å². The largest absolute Gasteiger partial charge is 0.262 e. The third kappa shape index (κ3) is 8.69. The van der Waals surface area contributed by atoms with Crippen LogP contribution >= 0.6 is 0 Å². The fourth-order valence-electron chi connectivity index (χ4n) is 2.80. The lowest BCUT2D eigenvalue weighted by molar-refractivity contribution is 0.489. The lowest BCUT2D eigenvalue weighted by Crippen LogP contribution is -2.29. The van der Waals surface area contributed by atoms with E-state index in [0.717, 1.165) is 6.42 Å². The van der Waals surface area contributed by atoms with E-state index in [4.69, 9.17) is 0 Å². The molecule has 0 bridgehead atoms. The summed E-state index contributed by atoms with van der Waals surface area (Å²) in [5.74, 6) is 9.78. The Morgan fingerprint density at radius 3 is 2.00 bits per heavy atom. The third-order valence-electron chi connectivity index (χ3n) is 5.31. The van der Waals surface area contributed by atoms with Crippen molar-refractivity contribution in [2.75, 3.05) is 0 Å². The number of allylic oxidation sites excluding steroid dienone is 2. The fourth-order valence-corrected chi connectivity index (χ4v) is 2.80. The molecule has 0 nitrogen and oxygen atoms in total. The quantitative estimate of drug-likeness (QED) is 0.227. The van der Waals surface area contributed by atoms with Crippen LogP contribution in [0.3, 0.4) is 0 Å². The first-order chi connectivity index (χ1) is 10.9. The van der Waals surface area contributed by atoms with Crippen molar-refractivity contribution < 1.29 is 0 Å². The molecule has 2 atom stereocenters. The highest BCUT2D eigenvalue weighted by Crippen LogP contribution is 2.31. The molecular formula is C22H41B. The SMILES string of the molecule is CCCCC#CB(/C(=C\CCCC)C(C)C(C)C)C(C)C(C)C. The smallest absolute Gasteiger partial charge is 0.149 e. The molecule has 0 saturated carbocycles.